The van der Waals surface area contributed by atoms with Crippen LogP contribution in [0.5, 0.6) is 0 Å². The molecule has 3 aromatic rings. The van der Waals surface area contributed by atoms with Gasteiger partial charge in [-0.3, -0.25) is 9.63 Å². The van der Waals surface area contributed by atoms with Gasteiger partial charge in [-0.25, -0.2) is 18.6 Å². The van der Waals surface area contributed by atoms with Crippen molar-refractivity contribution in [1.29, 1.82) is 0 Å². The third-order valence-electron chi connectivity index (χ3n) is 5.40. The molecule has 1 amide bonds. The number of benzene rings is 2. The minimum atomic E-state index is -1.37. The van der Waals surface area contributed by atoms with Crippen LogP contribution < -0.4 is 29.6 Å². The van der Waals surface area contributed by atoms with E-state index < -0.39 is 29.1 Å². The summed E-state index contributed by atoms with van der Waals surface area (Å²) in [6.45, 7) is -0.192. The Morgan fingerprint density at radius 3 is 2.58 bits per heavy atom. The number of aromatic carboxylic acids is 1. The molecule has 2 aromatic carbocycles. The number of likely N-dealkylation sites (N-methyl/N-ethyl adjacent to an activating group) is 1. The first-order valence-electron chi connectivity index (χ1n) is 9.75. The Labute approximate surface area is 221 Å². The Hall–Kier alpha value is -1.62. The fraction of sp³-hybridized carbons (Fsp3) is 0.273. The van der Waals surface area contributed by atoms with Gasteiger partial charge in [0.15, 0.2) is 11.6 Å². The maximum atomic E-state index is 15.2. The van der Waals surface area contributed by atoms with E-state index >= 15 is 4.39 Å². The number of hydroxylamine groups is 2. The number of rotatable bonds is 7. The SMILES string of the molecule is CON(C)C(=O)Cn1c(C2CC2)c(Sc2cccc(C(=O)O)c2F)c2ccc(Cl)c(F)c21.[H-].[Na+]. The maximum Gasteiger partial charge on any atom is 1.00 e. The van der Waals surface area contributed by atoms with Gasteiger partial charge >= 0.3 is 35.5 Å². The van der Waals surface area contributed by atoms with Gasteiger partial charge in [-0.15, -0.1) is 0 Å². The summed E-state index contributed by atoms with van der Waals surface area (Å²) >= 11 is 7.07. The molecule has 1 N–H and O–H groups in total. The Bertz CT molecular complexity index is 1260. The van der Waals surface area contributed by atoms with E-state index in [1.54, 1.807) is 10.6 Å². The van der Waals surface area contributed by atoms with Crippen molar-refractivity contribution in [3.63, 3.8) is 0 Å². The summed E-state index contributed by atoms with van der Waals surface area (Å²) in [5, 5.41) is 10.7. The van der Waals surface area contributed by atoms with Crippen LogP contribution in [-0.4, -0.2) is 40.8 Å². The van der Waals surface area contributed by atoms with Gasteiger partial charge in [0.05, 0.1) is 23.2 Å². The van der Waals surface area contributed by atoms with Gasteiger partial charge < -0.3 is 11.1 Å². The minimum absolute atomic E-state index is 0. The van der Waals surface area contributed by atoms with Crippen LogP contribution in [-0.2, 0) is 16.2 Å². The molecule has 1 saturated carbocycles. The minimum Gasteiger partial charge on any atom is -1.00 e. The third-order valence-corrected chi connectivity index (χ3v) is 6.86. The molecule has 0 spiro atoms. The average molecular weight is 505 g/mol. The molecule has 1 heterocycles. The van der Waals surface area contributed by atoms with Crippen LogP contribution in [0, 0.1) is 11.6 Å². The van der Waals surface area contributed by atoms with Gasteiger partial charge in [0.1, 0.15) is 6.54 Å². The summed E-state index contributed by atoms with van der Waals surface area (Å²) in [7, 11) is 2.81. The van der Waals surface area contributed by atoms with E-state index in [0.717, 1.165) is 29.7 Å². The summed E-state index contributed by atoms with van der Waals surface area (Å²) in [5.41, 5.74) is 0.400. The molecule has 0 aliphatic heterocycles. The number of carboxylic acid groups (broad SMARTS) is 1. The first-order valence-corrected chi connectivity index (χ1v) is 10.9. The van der Waals surface area contributed by atoms with Gasteiger partial charge in [0.25, 0.3) is 5.91 Å². The molecule has 1 fully saturated rings. The second kappa shape index (κ2) is 10.3. The molecule has 1 aromatic heterocycles. The van der Waals surface area contributed by atoms with Crippen LogP contribution in [0.25, 0.3) is 10.9 Å². The molecule has 1 aliphatic rings. The summed E-state index contributed by atoms with van der Waals surface area (Å²) in [4.78, 5) is 29.6. The first-order chi connectivity index (χ1) is 15.2. The summed E-state index contributed by atoms with van der Waals surface area (Å²) in [6, 6.07) is 7.17. The van der Waals surface area contributed by atoms with Crippen LogP contribution in [0.15, 0.2) is 40.1 Å². The van der Waals surface area contributed by atoms with Gasteiger partial charge in [0, 0.05) is 33.8 Å². The molecule has 11 heteroatoms. The molecule has 1 aliphatic carbocycles. The fourth-order valence-corrected chi connectivity index (χ4v) is 4.98. The number of carbonyl (C=O) groups excluding carboxylic acids is 1. The Morgan fingerprint density at radius 1 is 1.27 bits per heavy atom. The summed E-state index contributed by atoms with van der Waals surface area (Å²) in [5.74, 6) is -3.25. The zero-order valence-corrected chi connectivity index (χ0v) is 21.8. The number of carbonyl (C=O) groups is 2. The quantitative estimate of drug-likeness (QED) is 0.395. The van der Waals surface area contributed by atoms with E-state index in [9.17, 15) is 19.1 Å². The fourth-order valence-electron chi connectivity index (χ4n) is 3.60. The number of nitrogens with zero attached hydrogens (tertiary/aromatic N) is 2. The van der Waals surface area contributed by atoms with Gasteiger partial charge in [-0.2, -0.15) is 0 Å². The molecule has 0 bridgehead atoms. The third kappa shape index (κ3) is 4.94. The second-order valence-electron chi connectivity index (χ2n) is 7.43. The normalized spacial score (nSPS) is 13.1. The Morgan fingerprint density at radius 2 is 1.97 bits per heavy atom. The molecule has 0 radical (unpaired) electrons. The number of halogens is 3. The van der Waals surface area contributed by atoms with Gasteiger partial charge in [0.2, 0.25) is 0 Å². The van der Waals surface area contributed by atoms with Crippen molar-refractivity contribution in [2.45, 2.75) is 35.1 Å². The average Bonchev–Trinajstić information content (AvgIpc) is 3.55. The van der Waals surface area contributed by atoms with Gasteiger partial charge in [-0.1, -0.05) is 29.4 Å². The molecular formula is C22H20ClF2N2NaO4S. The van der Waals surface area contributed by atoms with Crippen molar-refractivity contribution in [3.05, 3.63) is 58.2 Å². The number of hydrogen-bond donors (Lipinski definition) is 1. The predicted octanol–water partition coefficient (Wildman–Crippen LogP) is 2.44. The van der Waals surface area contributed by atoms with Crippen molar-refractivity contribution in [1.82, 2.24) is 9.63 Å². The van der Waals surface area contributed by atoms with E-state index in [1.165, 1.54) is 38.4 Å². The van der Waals surface area contributed by atoms with E-state index in [1.807, 2.05) is 0 Å². The maximum absolute atomic E-state index is 15.2. The monoisotopic (exact) mass is 504 g/mol. The first kappa shape index (κ1) is 26.0. The van der Waals surface area contributed by atoms with E-state index in [2.05, 4.69) is 0 Å². The number of hydrogen-bond acceptors (Lipinski definition) is 4. The van der Waals surface area contributed by atoms with Crippen molar-refractivity contribution in [2.75, 3.05) is 14.2 Å². The van der Waals surface area contributed by atoms with E-state index in [4.69, 9.17) is 16.4 Å². The molecule has 0 atom stereocenters. The van der Waals surface area contributed by atoms with E-state index in [0.29, 0.717) is 16.0 Å². The predicted molar refractivity (Wildman–Crippen MR) is 117 cm³/mol. The largest absolute Gasteiger partial charge is 1.00 e. The summed E-state index contributed by atoms with van der Waals surface area (Å²) in [6.07, 6.45) is 1.68. The van der Waals surface area contributed by atoms with Crippen LogP contribution in [0.3, 0.4) is 0 Å². The molecule has 170 valence electrons. The zero-order chi connectivity index (χ0) is 23.2. The molecular weight excluding hydrogens is 485 g/mol. The Kier molecular flexibility index (Phi) is 8.14. The van der Waals surface area contributed by atoms with Crippen LogP contribution in [0.4, 0.5) is 8.78 Å². The number of amides is 1. The van der Waals surface area contributed by atoms with Crippen molar-refractivity contribution in [2.24, 2.45) is 0 Å². The van der Waals surface area contributed by atoms with Crippen LogP contribution in [0.2, 0.25) is 5.02 Å². The van der Waals surface area contributed by atoms with Crippen molar-refractivity contribution < 1.29 is 59.3 Å². The number of fused-ring (bicyclic) bond motifs is 1. The summed E-state index contributed by atoms with van der Waals surface area (Å²) < 4.78 is 31.7. The van der Waals surface area contributed by atoms with Crippen LogP contribution >= 0.6 is 23.4 Å². The standard InChI is InChI=1S/C22H19ClF2N2O4S.Na.H/c1-26(31-2)16(28)10-27-19(11-6-7-11)21(13-8-9-14(23)18(25)20(13)27)32-15-5-3-4-12(17(15)24)22(29)30;;/h3-5,8-9,11H,6-7,10H2,1-2H3,(H,29,30);;/q;+1;-1. The van der Waals surface area contributed by atoms with Crippen LogP contribution in [0.1, 0.15) is 36.2 Å². The zero-order valence-electron chi connectivity index (χ0n) is 19.2. The molecule has 0 saturated heterocycles. The smallest absolute Gasteiger partial charge is 1.00 e. The molecule has 4 rings (SSSR count). The number of aromatic nitrogens is 1. The second-order valence-corrected chi connectivity index (χ2v) is 8.89. The van der Waals surface area contributed by atoms with E-state index in [-0.39, 0.29) is 58.9 Å². The van der Waals surface area contributed by atoms with Gasteiger partial charge in [-0.05, 0) is 37.1 Å². The molecule has 33 heavy (non-hydrogen) atoms. The van der Waals surface area contributed by atoms with Crippen molar-refractivity contribution in [3.8, 4) is 0 Å². The molecule has 6 nitrogen and oxygen atoms in total. The van der Waals surface area contributed by atoms with Crippen molar-refractivity contribution >= 4 is 46.1 Å². The number of carboxylic acids is 1. The topological polar surface area (TPSA) is 71.8 Å². The molecule has 0 unspecified atom stereocenters. The Balaban J connectivity index is 0.00000204.